The monoisotopic (exact) mass is 555 g/mol. The SMILES string of the molecule is O=C(O)[C@H](CCO[C@H]1C[C@H](CCc2ccc3c(n2)NCCC3)C1)NC(=O)C1(c2ccccc2Cl)CCOCC1. The van der Waals surface area contributed by atoms with Crippen molar-refractivity contribution in [2.45, 2.75) is 75.3 Å². The molecule has 1 aromatic heterocycles. The molecule has 1 aromatic carbocycles. The molecule has 1 saturated heterocycles. The van der Waals surface area contributed by atoms with E-state index in [0.29, 0.717) is 37.0 Å². The Bertz CT molecular complexity index is 1160. The molecule has 2 aromatic rings. The van der Waals surface area contributed by atoms with Crippen molar-refractivity contribution < 1.29 is 24.2 Å². The van der Waals surface area contributed by atoms with Crippen LogP contribution in [0.5, 0.6) is 0 Å². The number of nitrogens with zero attached hydrogens (tertiary/aromatic N) is 1. The Balaban J connectivity index is 1.07. The Morgan fingerprint density at radius 3 is 2.77 bits per heavy atom. The van der Waals surface area contributed by atoms with Gasteiger partial charge in [-0.25, -0.2) is 9.78 Å². The van der Waals surface area contributed by atoms with E-state index in [1.54, 1.807) is 6.07 Å². The van der Waals surface area contributed by atoms with Crippen LogP contribution in [-0.4, -0.2) is 60.5 Å². The number of carboxylic acid groups (broad SMARTS) is 1. The minimum Gasteiger partial charge on any atom is -0.480 e. The van der Waals surface area contributed by atoms with Gasteiger partial charge in [0.2, 0.25) is 5.91 Å². The van der Waals surface area contributed by atoms with E-state index >= 15 is 0 Å². The zero-order chi connectivity index (χ0) is 27.2. The average Bonchev–Trinajstić information content (AvgIpc) is 2.93. The molecule has 2 fully saturated rings. The summed E-state index contributed by atoms with van der Waals surface area (Å²) in [5.74, 6) is 0.260. The summed E-state index contributed by atoms with van der Waals surface area (Å²) < 4.78 is 11.5. The molecule has 5 rings (SSSR count). The van der Waals surface area contributed by atoms with Crippen LogP contribution in [0.3, 0.4) is 0 Å². The van der Waals surface area contributed by atoms with E-state index in [9.17, 15) is 14.7 Å². The fourth-order valence-corrected chi connectivity index (χ4v) is 6.32. The van der Waals surface area contributed by atoms with Crippen LogP contribution in [0.2, 0.25) is 5.02 Å². The number of aryl methyl sites for hydroxylation is 2. The van der Waals surface area contributed by atoms with E-state index in [1.165, 1.54) is 5.56 Å². The van der Waals surface area contributed by atoms with Gasteiger partial charge in [0, 0.05) is 43.5 Å². The molecule has 1 atom stereocenters. The first kappa shape index (κ1) is 27.9. The Morgan fingerprint density at radius 2 is 2.00 bits per heavy atom. The number of carbonyl (C=O) groups is 2. The van der Waals surface area contributed by atoms with Gasteiger partial charge in [-0.15, -0.1) is 0 Å². The maximum Gasteiger partial charge on any atom is 0.326 e. The van der Waals surface area contributed by atoms with Gasteiger partial charge in [0.05, 0.1) is 11.5 Å². The number of ether oxygens (including phenoxy) is 2. The molecule has 9 heteroatoms. The van der Waals surface area contributed by atoms with Crippen molar-refractivity contribution in [1.29, 1.82) is 0 Å². The Hall–Kier alpha value is -2.68. The largest absolute Gasteiger partial charge is 0.480 e. The maximum atomic E-state index is 13.5. The highest BCUT2D eigenvalue weighted by Gasteiger charge is 2.44. The molecule has 39 heavy (non-hydrogen) atoms. The van der Waals surface area contributed by atoms with Crippen molar-refractivity contribution >= 4 is 29.3 Å². The minimum absolute atomic E-state index is 0.142. The van der Waals surface area contributed by atoms with Gasteiger partial charge in [0.25, 0.3) is 0 Å². The Labute approximate surface area is 234 Å². The maximum absolute atomic E-state index is 13.5. The van der Waals surface area contributed by atoms with Crippen LogP contribution in [0, 0.1) is 5.92 Å². The van der Waals surface area contributed by atoms with Gasteiger partial charge in [-0.2, -0.15) is 0 Å². The standard InChI is InChI=1S/C30H38ClN3O5/c31-25-6-2-1-5-24(25)30(12-16-38-17-13-30)29(37)34-26(28(35)36)11-15-39-23-18-20(19-23)7-9-22-10-8-21-4-3-14-32-27(21)33-22/h1-2,5-6,8,10,20,23,26H,3-4,7,9,11-19H2,(H,32,33)(H,34,37)(H,35,36)/t20-,23-,26-/m0/s1. The second-order valence-corrected chi connectivity index (χ2v) is 11.4. The average molecular weight is 556 g/mol. The second-order valence-electron chi connectivity index (χ2n) is 11.0. The smallest absolute Gasteiger partial charge is 0.326 e. The summed E-state index contributed by atoms with van der Waals surface area (Å²) >= 11 is 6.46. The zero-order valence-electron chi connectivity index (χ0n) is 22.3. The highest BCUT2D eigenvalue weighted by Crippen LogP contribution is 2.39. The molecule has 3 aliphatic rings. The van der Waals surface area contributed by atoms with E-state index in [-0.39, 0.29) is 25.0 Å². The first-order valence-corrected chi connectivity index (χ1v) is 14.5. The number of nitrogens with one attached hydrogen (secondary N) is 2. The number of benzene rings is 1. The van der Waals surface area contributed by atoms with E-state index in [4.69, 9.17) is 26.1 Å². The molecule has 0 radical (unpaired) electrons. The van der Waals surface area contributed by atoms with Crippen molar-refractivity contribution in [2.24, 2.45) is 5.92 Å². The summed E-state index contributed by atoms with van der Waals surface area (Å²) in [6.45, 7) is 2.12. The number of aromatic nitrogens is 1. The Morgan fingerprint density at radius 1 is 1.21 bits per heavy atom. The molecule has 210 valence electrons. The van der Waals surface area contributed by atoms with Crippen LogP contribution in [0.15, 0.2) is 36.4 Å². The lowest BCUT2D eigenvalue weighted by Gasteiger charge is -2.38. The number of hydrogen-bond acceptors (Lipinski definition) is 6. The zero-order valence-corrected chi connectivity index (χ0v) is 23.0. The number of fused-ring (bicyclic) bond motifs is 1. The summed E-state index contributed by atoms with van der Waals surface area (Å²) in [6.07, 6.45) is 7.50. The topological polar surface area (TPSA) is 110 Å². The van der Waals surface area contributed by atoms with Gasteiger partial charge in [0.1, 0.15) is 11.9 Å². The van der Waals surface area contributed by atoms with Crippen LogP contribution in [-0.2, 0) is 37.3 Å². The molecule has 0 bridgehead atoms. The molecular weight excluding hydrogens is 518 g/mol. The van der Waals surface area contributed by atoms with Gasteiger partial charge in [0.15, 0.2) is 0 Å². The highest BCUT2D eigenvalue weighted by molar-refractivity contribution is 6.31. The third-order valence-corrected chi connectivity index (χ3v) is 8.82. The molecule has 2 aliphatic heterocycles. The number of aliphatic carboxylic acids is 1. The van der Waals surface area contributed by atoms with Crippen LogP contribution >= 0.6 is 11.6 Å². The number of pyridine rings is 1. The summed E-state index contributed by atoms with van der Waals surface area (Å²) in [4.78, 5) is 30.3. The Kier molecular flexibility index (Phi) is 9.05. The second kappa shape index (κ2) is 12.7. The number of halogens is 1. The molecule has 1 aliphatic carbocycles. The van der Waals surface area contributed by atoms with E-state index in [0.717, 1.165) is 62.1 Å². The van der Waals surface area contributed by atoms with Crippen LogP contribution in [0.25, 0.3) is 0 Å². The van der Waals surface area contributed by atoms with E-state index in [2.05, 4.69) is 22.8 Å². The third kappa shape index (κ3) is 6.56. The fraction of sp³-hybridized carbons (Fsp3) is 0.567. The number of hydrogen-bond donors (Lipinski definition) is 3. The summed E-state index contributed by atoms with van der Waals surface area (Å²) in [6, 6.07) is 10.6. The van der Waals surface area contributed by atoms with Gasteiger partial charge >= 0.3 is 5.97 Å². The summed E-state index contributed by atoms with van der Waals surface area (Å²) in [5.41, 5.74) is 2.25. The molecule has 3 N–H and O–H groups in total. The molecule has 8 nitrogen and oxygen atoms in total. The predicted octanol–water partition coefficient (Wildman–Crippen LogP) is 4.53. The van der Waals surface area contributed by atoms with Crippen LogP contribution in [0.1, 0.15) is 61.8 Å². The number of carbonyl (C=O) groups excluding carboxylic acids is 1. The molecular formula is C30H38ClN3O5. The van der Waals surface area contributed by atoms with Crippen molar-refractivity contribution in [3.8, 4) is 0 Å². The normalized spacial score (nSPS) is 22.6. The van der Waals surface area contributed by atoms with Crippen molar-refractivity contribution in [3.05, 3.63) is 58.2 Å². The molecule has 1 amide bonds. The summed E-state index contributed by atoms with van der Waals surface area (Å²) in [7, 11) is 0. The van der Waals surface area contributed by atoms with E-state index < -0.39 is 17.4 Å². The molecule has 0 unspecified atom stereocenters. The number of anilines is 1. The van der Waals surface area contributed by atoms with Crippen molar-refractivity contribution in [2.75, 3.05) is 31.7 Å². The third-order valence-electron chi connectivity index (χ3n) is 8.49. The highest BCUT2D eigenvalue weighted by atomic mass is 35.5. The lowest BCUT2D eigenvalue weighted by atomic mass is 9.73. The van der Waals surface area contributed by atoms with Crippen molar-refractivity contribution in [3.63, 3.8) is 0 Å². The lowest BCUT2D eigenvalue weighted by molar-refractivity contribution is -0.144. The fourth-order valence-electron chi connectivity index (χ4n) is 6.00. The number of carboxylic acids is 1. The lowest BCUT2D eigenvalue weighted by Crippen LogP contribution is -2.53. The first-order valence-electron chi connectivity index (χ1n) is 14.2. The minimum atomic E-state index is -1.06. The molecule has 1 saturated carbocycles. The van der Waals surface area contributed by atoms with Crippen molar-refractivity contribution in [1.82, 2.24) is 10.3 Å². The number of amides is 1. The van der Waals surface area contributed by atoms with Crippen LogP contribution in [0.4, 0.5) is 5.82 Å². The number of rotatable bonds is 11. The van der Waals surface area contributed by atoms with Gasteiger partial charge < -0.3 is 25.2 Å². The van der Waals surface area contributed by atoms with Gasteiger partial charge in [-0.05, 0) is 80.5 Å². The first-order chi connectivity index (χ1) is 18.9. The predicted molar refractivity (Wildman–Crippen MR) is 149 cm³/mol. The summed E-state index contributed by atoms with van der Waals surface area (Å²) in [5, 5.41) is 16.5. The quantitative estimate of drug-likeness (QED) is 0.374. The van der Waals surface area contributed by atoms with Gasteiger partial charge in [-0.1, -0.05) is 35.9 Å². The molecule has 3 heterocycles. The van der Waals surface area contributed by atoms with Gasteiger partial charge in [-0.3, -0.25) is 4.79 Å². The van der Waals surface area contributed by atoms with Crippen LogP contribution < -0.4 is 10.6 Å². The molecule has 0 spiro atoms. The van der Waals surface area contributed by atoms with E-state index in [1.807, 2.05) is 18.2 Å².